The number of likely N-dealkylation sites (tertiary alicyclic amines) is 2. The first-order valence-corrected chi connectivity index (χ1v) is 6.74. The monoisotopic (exact) mass is 254 g/mol. The van der Waals surface area contributed by atoms with E-state index in [0.29, 0.717) is 5.41 Å². The molecule has 2 amide bonds. The van der Waals surface area contributed by atoms with Gasteiger partial charge in [0.05, 0.1) is 13.2 Å². The fourth-order valence-electron chi connectivity index (χ4n) is 3.29. The minimum absolute atomic E-state index is 0.271. The van der Waals surface area contributed by atoms with Crippen molar-refractivity contribution in [3.05, 3.63) is 0 Å². The van der Waals surface area contributed by atoms with Gasteiger partial charge in [0.2, 0.25) is 0 Å². The fraction of sp³-hybridized carbons (Fsp3) is 0.917. The lowest BCUT2D eigenvalue weighted by Gasteiger charge is -2.60. The molecule has 0 aliphatic carbocycles. The molecule has 3 saturated heterocycles. The molecular formula is C12H22N4O2. The minimum atomic E-state index is -0.271. The summed E-state index contributed by atoms with van der Waals surface area (Å²) in [6.07, 6.45) is 0. The van der Waals surface area contributed by atoms with Crippen molar-refractivity contribution in [3.8, 4) is 0 Å². The Bertz CT molecular complexity index is 316. The van der Waals surface area contributed by atoms with Gasteiger partial charge in [-0.2, -0.15) is 0 Å². The molecule has 18 heavy (non-hydrogen) atoms. The maximum absolute atomic E-state index is 10.9. The Morgan fingerprint density at radius 1 is 1.06 bits per heavy atom. The predicted molar refractivity (Wildman–Crippen MR) is 67.3 cm³/mol. The summed E-state index contributed by atoms with van der Waals surface area (Å²) in [4.78, 5) is 17.6. The third-order valence-electron chi connectivity index (χ3n) is 4.32. The number of hydrogen-bond acceptors (Lipinski definition) is 4. The number of amides is 2. The summed E-state index contributed by atoms with van der Waals surface area (Å²) in [5.74, 6) is 0. The molecule has 0 unspecified atom stereocenters. The van der Waals surface area contributed by atoms with Crippen molar-refractivity contribution in [2.75, 3.05) is 65.6 Å². The third-order valence-corrected chi connectivity index (χ3v) is 4.32. The third kappa shape index (κ3) is 2.32. The Morgan fingerprint density at radius 3 is 2.28 bits per heavy atom. The molecule has 0 aromatic heterocycles. The number of primary amides is 1. The van der Waals surface area contributed by atoms with Crippen LogP contribution >= 0.6 is 0 Å². The second-order valence-electron chi connectivity index (χ2n) is 5.86. The topological polar surface area (TPSA) is 62.0 Å². The molecule has 0 saturated carbocycles. The molecule has 6 nitrogen and oxygen atoms in total. The van der Waals surface area contributed by atoms with E-state index in [1.54, 1.807) is 4.90 Å². The van der Waals surface area contributed by atoms with Gasteiger partial charge in [-0.1, -0.05) is 0 Å². The summed E-state index contributed by atoms with van der Waals surface area (Å²) in [5.41, 5.74) is 5.62. The number of urea groups is 1. The van der Waals surface area contributed by atoms with E-state index < -0.39 is 0 Å². The van der Waals surface area contributed by atoms with Crippen LogP contribution in [0.25, 0.3) is 0 Å². The van der Waals surface area contributed by atoms with Crippen molar-refractivity contribution >= 4 is 6.03 Å². The van der Waals surface area contributed by atoms with Gasteiger partial charge < -0.3 is 20.3 Å². The Morgan fingerprint density at radius 2 is 1.67 bits per heavy atom. The number of ether oxygens (including phenoxy) is 1. The van der Waals surface area contributed by atoms with E-state index in [4.69, 9.17) is 10.5 Å². The van der Waals surface area contributed by atoms with Crippen LogP contribution in [0.1, 0.15) is 0 Å². The van der Waals surface area contributed by atoms with Crippen LogP contribution in [-0.4, -0.2) is 86.3 Å². The zero-order chi connectivity index (χ0) is 12.6. The molecule has 0 bridgehead atoms. The maximum atomic E-state index is 10.9. The quantitative estimate of drug-likeness (QED) is 0.703. The lowest BCUT2D eigenvalue weighted by molar-refractivity contribution is -0.0965. The van der Waals surface area contributed by atoms with Gasteiger partial charge in [0.1, 0.15) is 0 Å². The number of hydrogen-bond donors (Lipinski definition) is 1. The number of carbonyl (C=O) groups is 1. The molecule has 3 rings (SSSR count). The van der Waals surface area contributed by atoms with Gasteiger partial charge in [-0.3, -0.25) is 4.90 Å². The van der Waals surface area contributed by atoms with Crippen molar-refractivity contribution in [1.82, 2.24) is 14.7 Å². The number of morpholine rings is 1. The van der Waals surface area contributed by atoms with E-state index in [1.165, 1.54) is 0 Å². The zero-order valence-electron chi connectivity index (χ0n) is 10.8. The van der Waals surface area contributed by atoms with Crippen LogP contribution < -0.4 is 5.73 Å². The average molecular weight is 254 g/mol. The molecule has 0 atom stereocenters. The molecule has 3 aliphatic heterocycles. The maximum Gasteiger partial charge on any atom is 0.314 e. The molecule has 102 valence electrons. The van der Waals surface area contributed by atoms with Crippen LogP contribution in [0.4, 0.5) is 4.79 Å². The minimum Gasteiger partial charge on any atom is -0.379 e. The van der Waals surface area contributed by atoms with Gasteiger partial charge in [-0.25, -0.2) is 4.79 Å². The molecular weight excluding hydrogens is 232 g/mol. The van der Waals surface area contributed by atoms with Gasteiger partial charge in [-0.15, -0.1) is 0 Å². The molecule has 0 radical (unpaired) electrons. The fourth-order valence-corrected chi connectivity index (χ4v) is 3.29. The number of carbonyl (C=O) groups excluding carboxylic acids is 1. The van der Waals surface area contributed by atoms with Crippen LogP contribution in [0, 0.1) is 5.41 Å². The van der Waals surface area contributed by atoms with Gasteiger partial charge >= 0.3 is 6.03 Å². The van der Waals surface area contributed by atoms with Crippen LogP contribution in [0.2, 0.25) is 0 Å². The summed E-state index contributed by atoms with van der Waals surface area (Å²) in [5, 5.41) is 0. The highest BCUT2D eigenvalue weighted by atomic mass is 16.5. The van der Waals surface area contributed by atoms with Crippen LogP contribution in [0.15, 0.2) is 0 Å². The zero-order valence-corrected chi connectivity index (χ0v) is 10.8. The van der Waals surface area contributed by atoms with Crippen molar-refractivity contribution in [1.29, 1.82) is 0 Å². The van der Waals surface area contributed by atoms with E-state index in [1.807, 2.05) is 0 Å². The van der Waals surface area contributed by atoms with Gasteiger partial charge in [-0.05, 0) is 0 Å². The summed E-state index contributed by atoms with van der Waals surface area (Å²) >= 11 is 0. The number of nitrogens with zero attached hydrogens (tertiary/aromatic N) is 3. The van der Waals surface area contributed by atoms with E-state index in [9.17, 15) is 4.79 Å². The highest BCUT2D eigenvalue weighted by Crippen LogP contribution is 2.39. The first-order chi connectivity index (χ1) is 8.67. The molecule has 0 aromatic carbocycles. The second kappa shape index (κ2) is 4.68. The van der Waals surface area contributed by atoms with Gasteiger partial charge in [0.15, 0.2) is 0 Å². The predicted octanol–water partition coefficient (Wildman–Crippen LogP) is -0.985. The standard InChI is InChI=1S/C12H22N4O2/c13-11(17)16-9-12(10-16)7-15(8-12)2-1-14-3-5-18-6-4-14/h1-10H2,(H2,13,17). The summed E-state index contributed by atoms with van der Waals surface area (Å²) in [7, 11) is 0. The SMILES string of the molecule is NC(=O)N1CC2(CN(CCN3CCOCC3)C2)C1. The van der Waals surface area contributed by atoms with Gasteiger partial charge in [0.25, 0.3) is 0 Å². The first-order valence-electron chi connectivity index (χ1n) is 6.74. The molecule has 3 fully saturated rings. The Balaban J connectivity index is 1.32. The van der Waals surface area contributed by atoms with Crippen LogP contribution in [-0.2, 0) is 4.74 Å². The average Bonchev–Trinajstić information content (AvgIpc) is 2.25. The normalized spacial score (nSPS) is 27.9. The first kappa shape index (κ1) is 12.2. The molecule has 3 aliphatic rings. The Hall–Kier alpha value is -0.850. The summed E-state index contributed by atoms with van der Waals surface area (Å²) in [6, 6.07) is -0.271. The lowest BCUT2D eigenvalue weighted by Crippen LogP contribution is -2.73. The lowest BCUT2D eigenvalue weighted by atomic mass is 9.73. The van der Waals surface area contributed by atoms with E-state index in [-0.39, 0.29) is 6.03 Å². The summed E-state index contributed by atoms with van der Waals surface area (Å²) < 4.78 is 5.34. The van der Waals surface area contributed by atoms with Crippen LogP contribution in [0.3, 0.4) is 0 Å². The largest absolute Gasteiger partial charge is 0.379 e. The second-order valence-corrected chi connectivity index (χ2v) is 5.86. The van der Waals surface area contributed by atoms with Crippen molar-refractivity contribution in [3.63, 3.8) is 0 Å². The smallest absolute Gasteiger partial charge is 0.314 e. The molecule has 1 spiro atoms. The highest BCUT2D eigenvalue weighted by Gasteiger charge is 2.52. The highest BCUT2D eigenvalue weighted by molar-refractivity contribution is 5.73. The van der Waals surface area contributed by atoms with Gasteiger partial charge in [0, 0.05) is 57.8 Å². The Kier molecular flexibility index (Phi) is 3.17. The van der Waals surface area contributed by atoms with Crippen molar-refractivity contribution in [2.45, 2.75) is 0 Å². The van der Waals surface area contributed by atoms with E-state index >= 15 is 0 Å². The molecule has 6 heteroatoms. The van der Waals surface area contributed by atoms with E-state index in [0.717, 1.165) is 65.6 Å². The number of rotatable bonds is 3. The van der Waals surface area contributed by atoms with Crippen LogP contribution in [0.5, 0.6) is 0 Å². The van der Waals surface area contributed by atoms with E-state index in [2.05, 4.69) is 9.80 Å². The Labute approximate surface area is 108 Å². The molecule has 0 aromatic rings. The molecule has 2 N–H and O–H groups in total. The van der Waals surface area contributed by atoms with Crippen molar-refractivity contribution < 1.29 is 9.53 Å². The summed E-state index contributed by atoms with van der Waals surface area (Å²) in [6.45, 7) is 10.1. The van der Waals surface area contributed by atoms with Crippen molar-refractivity contribution in [2.24, 2.45) is 11.1 Å². The molecule has 3 heterocycles. The number of nitrogens with two attached hydrogens (primary N) is 1.